The van der Waals surface area contributed by atoms with Gasteiger partial charge in [-0.1, -0.05) is 26.0 Å². The Morgan fingerprint density at radius 1 is 1.15 bits per heavy atom. The lowest BCUT2D eigenvalue weighted by Crippen LogP contribution is -2.21. The van der Waals surface area contributed by atoms with E-state index in [1.807, 2.05) is 24.3 Å². The van der Waals surface area contributed by atoms with Crippen molar-refractivity contribution >= 4 is 17.6 Å². The van der Waals surface area contributed by atoms with Gasteiger partial charge in [0.25, 0.3) is 5.91 Å². The van der Waals surface area contributed by atoms with Gasteiger partial charge in [0.05, 0.1) is 6.61 Å². The molecule has 6 heteroatoms. The van der Waals surface area contributed by atoms with E-state index in [2.05, 4.69) is 24.1 Å². The monoisotopic (exact) mass is 356 g/mol. The van der Waals surface area contributed by atoms with Crippen molar-refractivity contribution < 1.29 is 19.1 Å². The number of aromatic nitrogens is 1. The first kappa shape index (κ1) is 19.4. The Hall–Kier alpha value is -2.89. The number of rotatable bonds is 8. The van der Waals surface area contributed by atoms with Gasteiger partial charge in [0.15, 0.2) is 6.61 Å². The highest BCUT2D eigenvalue weighted by molar-refractivity contribution is 5.96. The first-order valence-electron chi connectivity index (χ1n) is 8.69. The number of amides is 1. The van der Waals surface area contributed by atoms with Crippen LogP contribution in [-0.2, 0) is 9.53 Å². The molecule has 0 aliphatic carbocycles. The van der Waals surface area contributed by atoms with Crippen LogP contribution in [0, 0.1) is 0 Å². The molecule has 0 aliphatic heterocycles. The Kier molecular flexibility index (Phi) is 7.14. The summed E-state index contributed by atoms with van der Waals surface area (Å²) in [5.74, 6) is -0.388. The van der Waals surface area contributed by atoms with Gasteiger partial charge in [0.1, 0.15) is 5.56 Å². The van der Waals surface area contributed by atoms with Crippen molar-refractivity contribution in [3.8, 4) is 5.88 Å². The molecule has 2 aromatic rings. The molecule has 0 fully saturated rings. The quantitative estimate of drug-likeness (QED) is 0.728. The lowest BCUT2D eigenvalue weighted by Gasteiger charge is -2.11. The maximum absolute atomic E-state index is 12.1. The average Bonchev–Trinajstić information content (AvgIpc) is 2.67. The van der Waals surface area contributed by atoms with E-state index in [4.69, 9.17) is 9.47 Å². The molecule has 0 unspecified atom stereocenters. The van der Waals surface area contributed by atoms with Gasteiger partial charge in [0, 0.05) is 11.9 Å². The first-order chi connectivity index (χ1) is 12.5. The molecule has 0 saturated carbocycles. The number of anilines is 1. The second-order valence-corrected chi connectivity index (χ2v) is 5.84. The van der Waals surface area contributed by atoms with Crippen molar-refractivity contribution in [3.05, 3.63) is 53.7 Å². The third kappa shape index (κ3) is 5.31. The van der Waals surface area contributed by atoms with Crippen LogP contribution in [0.4, 0.5) is 5.69 Å². The van der Waals surface area contributed by atoms with Crippen LogP contribution in [0.25, 0.3) is 0 Å². The van der Waals surface area contributed by atoms with Crippen LogP contribution in [0.15, 0.2) is 42.6 Å². The van der Waals surface area contributed by atoms with E-state index in [1.54, 1.807) is 19.1 Å². The number of esters is 1. The highest BCUT2D eigenvalue weighted by Crippen LogP contribution is 2.20. The molecule has 1 atom stereocenters. The number of hydrogen-bond acceptors (Lipinski definition) is 5. The summed E-state index contributed by atoms with van der Waals surface area (Å²) < 4.78 is 10.3. The summed E-state index contributed by atoms with van der Waals surface area (Å²) in [6.45, 7) is 6.08. The summed E-state index contributed by atoms with van der Waals surface area (Å²) in [7, 11) is 0. The summed E-state index contributed by atoms with van der Waals surface area (Å²) in [6.07, 6.45) is 2.58. The third-order valence-corrected chi connectivity index (χ3v) is 3.98. The summed E-state index contributed by atoms with van der Waals surface area (Å²) in [6, 6.07) is 10.8. The summed E-state index contributed by atoms with van der Waals surface area (Å²) in [5.41, 5.74) is 2.08. The van der Waals surface area contributed by atoms with Crippen LogP contribution in [-0.4, -0.2) is 30.1 Å². The Labute approximate surface area is 153 Å². The zero-order chi connectivity index (χ0) is 18.9. The molecule has 1 N–H and O–H groups in total. The maximum atomic E-state index is 12.1. The van der Waals surface area contributed by atoms with E-state index in [1.165, 1.54) is 11.8 Å². The van der Waals surface area contributed by atoms with E-state index in [9.17, 15) is 9.59 Å². The van der Waals surface area contributed by atoms with Crippen molar-refractivity contribution in [2.45, 2.75) is 33.1 Å². The molecule has 0 spiro atoms. The first-order valence-corrected chi connectivity index (χ1v) is 8.69. The Morgan fingerprint density at radius 2 is 1.88 bits per heavy atom. The third-order valence-electron chi connectivity index (χ3n) is 3.98. The van der Waals surface area contributed by atoms with Gasteiger partial charge in [-0.2, -0.15) is 0 Å². The molecule has 1 amide bonds. The van der Waals surface area contributed by atoms with Crippen LogP contribution in [0.2, 0.25) is 0 Å². The van der Waals surface area contributed by atoms with Gasteiger partial charge in [-0.25, -0.2) is 9.78 Å². The maximum Gasteiger partial charge on any atom is 0.344 e. The minimum absolute atomic E-state index is 0.194. The second kappa shape index (κ2) is 9.56. The molecule has 6 nitrogen and oxygen atoms in total. The van der Waals surface area contributed by atoms with Gasteiger partial charge in [-0.15, -0.1) is 0 Å². The number of nitrogens with one attached hydrogen (secondary N) is 1. The van der Waals surface area contributed by atoms with Crippen molar-refractivity contribution in [2.75, 3.05) is 18.5 Å². The molecule has 1 heterocycles. The number of ether oxygens (including phenoxy) is 2. The lowest BCUT2D eigenvalue weighted by atomic mass is 9.99. The van der Waals surface area contributed by atoms with Gasteiger partial charge < -0.3 is 14.8 Å². The minimum Gasteiger partial charge on any atom is -0.477 e. The molecule has 0 aliphatic rings. The molecule has 2 rings (SSSR count). The van der Waals surface area contributed by atoms with Gasteiger partial charge in [-0.05, 0) is 49.1 Å². The zero-order valence-corrected chi connectivity index (χ0v) is 15.3. The predicted molar refractivity (Wildman–Crippen MR) is 99.5 cm³/mol. The van der Waals surface area contributed by atoms with E-state index < -0.39 is 11.9 Å². The Bertz CT molecular complexity index is 744. The van der Waals surface area contributed by atoms with Crippen molar-refractivity contribution in [1.29, 1.82) is 0 Å². The molecule has 138 valence electrons. The fourth-order valence-electron chi connectivity index (χ4n) is 2.33. The molecule has 0 saturated heterocycles. The fraction of sp³-hybridized carbons (Fsp3) is 0.350. The van der Waals surface area contributed by atoms with E-state index >= 15 is 0 Å². The predicted octanol–water partition coefficient (Wildman–Crippen LogP) is 3.79. The van der Waals surface area contributed by atoms with Gasteiger partial charge in [0.2, 0.25) is 5.88 Å². The summed E-state index contributed by atoms with van der Waals surface area (Å²) in [4.78, 5) is 28.1. The summed E-state index contributed by atoms with van der Waals surface area (Å²) >= 11 is 0. The van der Waals surface area contributed by atoms with Crippen LogP contribution >= 0.6 is 0 Å². The zero-order valence-electron chi connectivity index (χ0n) is 15.3. The van der Waals surface area contributed by atoms with Crippen molar-refractivity contribution in [1.82, 2.24) is 4.98 Å². The average molecular weight is 356 g/mol. The van der Waals surface area contributed by atoms with Gasteiger partial charge in [-0.3, -0.25) is 4.79 Å². The highest BCUT2D eigenvalue weighted by Gasteiger charge is 2.16. The second-order valence-electron chi connectivity index (χ2n) is 5.84. The Balaban J connectivity index is 1.89. The Morgan fingerprint density at radius 3 is 2.54 bits per heavy atom. The molecule has 0 bridgehead atoms. The van der Waals surface area contributed by atoms with E-state index in [-0.39, 0.29) is 18.1 Å². The van der Waals surface area contributed by atoms with E-state index in [0.29, 0.717) is 18.2 Å². The smallest absolute Gasteiger partial charge is 0.344 e. The molecule has 1 aromatic carbocycles. The molecular weight excluding hydrogens is 332 g/mol. The molecule has 26 heavy (non-hydrogen) atoms. The number of hydrogen-bond donors (Lipinski definition) is 1. The van der Waals surface area contributed by atoms with Gasteiger partial charge >= 0.3 is 5.97 Å². The van der Waals surface area contributed by atoms with Crippen molar-refractivity contribution in [3.63, 3.8) is 0 Å². The molecule has 1 aromatic heterocycles. The number of pyridine rings is 1. The fourth-order valence-corrected chi connectivity index (χ4v) is 2.33. The number of carbonyl (C=O) groups is 2. The summed E-state index contributed by atoms with van der Waals surface area (Å²) in [5, 5.41) is 2.71. The normalized spacial score (nSPS) is 11.5. The number of carbonyl (C=O) groups excluding carboxylic acids is 2. The molecular formula is C20H24N2O4. The van der Waals surface area contributed by atoms with Crippen LogP contribution in [0.3, 0.4) is 0 Å². The minimum atomic E-state index is -0.649. The lowest BCUT2D eigenvalue weighted by molar-refractivity contribution is -0.119. The molecule has 0 radical (unpaired) electrons. The van der Waals surface area contributed by atoms with Crippen LogP contribution in [0.5, 0.6) is 5.88 Å². The van der Waals surface area contributed by atoms with Crippen LogP contribution in [0.1, 0.15) is 49.0 Å². The highest BCUT2D eigenvalue weighted by atomic mass is 16.5. The largest absolute Gasteiger partial charge is 0.477 e. The standard InChI is InChI=1S/C20H24N2O4/c1-4-14(3)15-8-10-16(11-9-15)22-18(23)13-26-20(24)17-7-6-12-21-19(17)25-5-2/h6-12,14H,4-5,13H2,1-3H3,(H,22,23)/t14-/m1/s1. The van der Waals surface area contributed by atoms with Crippen LogP contribution < -0.4 is 10.1 Å². The number of nitrogens with zero attached hydrogens (tertiary/aromatic N) is 1. The SMILES string of the molecule is CCOc1ncccc1C(=O)OCC(=O)Nc1ccc([C@H](C)CC)cc1. The number of benzene rings is 1. The topological polar surface area (TPSA) is 77.5 Å². The van der Waals surface area contributed by atoms with Crippen molar-refractivity contribution in [2.24, 2.45) is 0 Å². The van der Waals surface area contributed by atoms with E-state index in [0.717, 1.165) is 6.42 Å².